The van der Waals surface area contributed by atoms with Gasteiger partial charge in [-0.25, -0.2) is 12.7 Å². The van der Waals surface area contributed by atoms with E-state index in [0.717, 1.165) is 5.69 Å². The van der Waals surface area contributed by atoms with Crippen molar-refractivity contribution in [1.29, 1.82) is 0 Å². The molecule has 0 radical (unpaired) electrons. The minimum atomic E-state index is -3.20. The van der Waals surface area contributed by atoms with Gasteiger partial charge in [-0.15, -0.1) is 5.10 Å². The van der Waals surface area contributed by atoms with Crippen LogP contribution in [0.3, 0.4) is 0 Å². The van der Waals surface area contributed by atoms with Gasteiger partial charge in [-0.2, -0.15) is 0 Å². The molecule has 1 aromatic rings. The molecule has 2 heterocycles. The molecule has 9 nitrogen and oxygen atoms in total. The predicted molar refractivity (Wildman–Crippen MR) is 88.0 cm³/mol. The van der Waals surface area contributed by atoms with Gasteiger partial charge in [0.1, 0.15) is 0 Å². The Balaban J connectivity index is 1.97. The standard InChI is InChI=1S/C14H25N5O4S/c1-17(2)24(22,23)6-4-5-19-8-11(7-14(20)21)12(9-19)13-10-18(3)16-15-13/h10-12H,4-9H2,1-3H3,(H,20,21)/t11-,12+/m0/s1. The highest BCUT2D eigenvalue weighted by Gasteiger charge is 2.36. The van der Waals surface area contributed by atoms with E-state index >= 15 is 0 Å². The van der Waals surface area contributed by atoms with E-state index in [1.165, 1.54) is 18.4 Å². The molecule has 0 aromatic carbocycles. The highest BCUT2D eigenvalue weighted by molar-refractivity contribution is 7.89. The van der Waals surface area contributed by atoms with Crippen molar-refractivity contribution in [3.63, 3.8) is 0 Å². The summed E-state index contributed by atoms with van der Waals surface area (Å²) in [5.74, 6) is -0.758. The molecule has 2 atom stereocenters. The lowest BCUT2D eigenvalue weighted by molar-refractivity contribution is -0.138. The summed E-state index contributed by atoms with van der Waals surface area (Å²) in [6, 6.07) is 0. The average molecular weight is 359 g/mol. The van der Waals surface area contributed by atoms with Gasteiger partial charge in [-0.1, -0.05) is 5.21 Å². The third-order valence-corrected chi connectivity index (χ3v) is 6.30. The fourth-order valence-corrected chi connectivity index (χ4v) is 3.96. The van der Waals surface area contributed by atoms with E-state index in [2.05, 4.69) is 15.2 Å². The number of sulfonamides is 1. The fraction of sp³-hybridized carbons (Fsp3) is 0.786. The maximum atomic E-state index is 11.8. The average Bonchev–Trinajstić information content (AvgIpc) is 3.04. The number of nitrogens with zero attached hydrogens (tertiary/aromatic N) is 5. The Morgan fingerprint density at radius 3 is 2.67 bits per heavy atom. The second kappa shape index (κ2) is 7.58. The Hall–Kier alpha value is -1.52. The van der Waals surface area contributed by atoms with Gasteiger partial charge >= 0.3 is 5.97 Å². The zero-order valence-corrected chi connectivity index (χ0v) is 15.1. The molecule has 24 heavy (non-hydrogen) atoms. The Morgan fingerprint density at radius 2 is 2.12 bits per heavy atom. The van der Waals surface area contributed by atoms with Crippen LogP contribution in [0.4, 0.5) is 0 Å². The highest BCUT2D eigenvalue weighted by atomic mass is 32.2. The molecule has 0 bridgehead atoms. The molecule has 2 rings (SSSR count). The molecule has 1 aliphatic rings. The number of carboxylic acids is 1. The second-order valence-corrected chi connectivity index (χ2v) is 8.80. The maximum Gasteiger partial charge on any atom is 0.303 e. The van der Waals surface area contributed by atoms with E-state index in [1.54, 1.807) is 11.7 Å². The summed E-state index contributed by atoms with van der Waals surface area (Å²) in [4.78, 5) is 13.2. The molecule has 136 valence electrons. The highest BCUT2D eigenvalue weighted by Crippen LogP contribution is 2.33. The molecule has 0 unspecified atom stereocenters. The first-order chi connectivity index (χ1) is 11.2. The molecule has 0 amide bonds. The SMILES string of the molecule is CN(C)S(=O)(=O)CCCN1C[C@H](CC(=O)O)[C@H](c2cn(C)nn2)C1. The zero-order valence-electron chi connectivity index (χ0n) is 14.3. The van der Waals surface area contributed by atoms with Crippen molar-refractivity contribution < 1.29 is 18.3 Å². The Labute approximate surface area is 142 Å². The number of hydrogen-bond donors (Lipinski definition) is 1. The van der Waals surface area contributed by atoms with Crippen LogP contribution in [0.2, 0.25) is 0 Å². The third-order valence-electron chi connectivity index (χ3n) is 4.39. The van der Waals surface area contributed by atoms with Crippen molar-refractivity contribution in [2.24, 2.45) is 13.0 Å². The quantitative estimate of drug-likeness (QED) is 0.672. The first-order valence-electron chi connectivity index (χ1n) is 7.89. The van der Waals surface area contributed by atoms with Crippen LogP contribution in [0.5, 0.6) is 0 Å². The first kappa shape index (κ1) is 18.8. The van der Waals surface area contributed by atoms with Crippen molar-refractivity contribution in [3.8, 4) is 0 Å². The van der Waals surface area contributed by atoms with E-state index in [9.17, 15) is 13.2 Å². The molecule has 0 saturated carbocycles. The van der Waals surface area contributed by atoms with Crippen LogP contribution in [0.1, 0.15) is 24.5 Å². The maximum absolute atomic E-state index is 11.8. The van der Waals surface area contributed by atoms with E-state index in [1.807, 2.05) is 6.20 Å². The summed E-state index contributed by atoms with van der Waals surface area (Å²) in [6.45, 7) is 1.94. The normalized spacial score (nSPS) is 22.3. The summed E-state index contributed by atoms with van der Waals surface area (Å²) in [5, 5.41) is 17.2. The summed E-state index contributed by atoms with van der Waals surface area (Å²) < 4.78 is 26.5. The monoisotopic (exact) mass is 359 g/mol. The molecule has 1 N–H and O–H groups in total. The van der Waals surface area contributed by atoms with E-state index in [4.69, 9.17) is 5.11 Å². The number of aromatic nitrogens is 3. The van der Waals surface area contributed by atoms with Crippen LogP contribution in [-0.4, -0.2) is 83.2 Å². The number of aryl methyl sites for hydroxylation is 1. The molecule has 0 spiro atoms. The minimum absolute atomic E-state index is 0.0141. The van der Waals surface area contributed by atoms with Gasteiger partial charge in [0.05, 0.1) is 17.9 Å². The summed E-state index contributed by atoms with van der Waals surface area (Å²) in [7, 11) is 1.63. The number of carboxylic acid groups (broad SMARTS) is 1. The number of aliphatic carboxylic acids is 1. The number of likely N-dealkylation sites (tertiary alicyclic amines) is 1. The molecule has 0 aliphatic carbocycles. The fourth-order valence-electron chi connectivity index (χ4n) is 3.10. The van der Waals surface area contributed by atoms with Gasteiger partial charge < -0.3 is 10.0 Å². The Morgan fingerprint density at radius 1 is 1.42 bits per heavy atom. The molecule has 1 aromatic heterocycles. The lowest BCUT2D eigenvalue weighted by Crippen LogP contribution is -2.29. The molecule has 1 fully saturated rings. The van der Waals surface area contributed by atoms with E-state index in [-0.39, 0.29) is 24.0 Å². The Bertz CT molecular complexity index is 672. The largest absolute Gasteiger partial charge is 0.481 e. The van der Waals surface area contributed by atoms with Crippen molar-refractivity contribution in [3.05, 3.63) is 11.9 Å². The van der Waals surface area contributed by atoms with E-state index in [0.29, 0.717) is 26.1 Å². The molecular weight excluding hydrogens is 334 g/mol. The van der Waals surface area contributed by atoms with Crippen LogP contribution >= 0.6 is 0 Å². The number of rotatable bonds is 8. The smallest absolute Gasteiger partial charge is 0.303 e. The molecular formula is C14H25N5O4S. The minimum Gasteiger partial charge on any atom is -0.481 e. The van der Waals surface area contributed by atoms with Gasteiger partial charge in [0, 0.05) is 46.3 Å². The van der Waals surface area contributed by atoms with Crippen molar-refractivity contribution in [1.82, 2.24) is 24.2 Å². The topological polar surface area (TPSA) is 109 Å². The third kappa shape index (κ3) is 4.74. The molecule has 1 aliphatic heterocycles. The lowest BCUT2D eigenvalue weighted by atomic mass is 9.91. The Kier molecular flexibility index (Phi) is 5.94. The van der Waals surface area contributed by atoms with Crippen LogP contribution in [0.15, 0.2) is 6.20 Å². The molecule has 10 heteroatoms. The van der Waals surface area contributed by atoms with E-state index < -0.39 is 16.0 Å². The number of carbonyl (C=O) groups is 1. The summed E-state index contributed by atoms with van der Waals surface area (Å²) in [6.07, 6.45) is 2.42. The van der Waals surface area contributed by atoms with Gasteiger partial charge in [0.2, 0.25) is 10.0 Å². The van der Waals surface area contributed by atoms with Crippen molar-refractivity contribution in [2.45, 2.75) is 18.8 Å². The predicted octanol–water partition coefficient (Wildman–Crippen LogP) is -0.413. The van der Waals surface area contributed by atoms with Crippen LogP contribution < -0.4 is 0 Å². The van der Waals surface area contributed by atoms with Crippen LogP contribution in [0.25, 0.3) is 0 Å². The number of hydrogen-bond acceptors (Lipinski definition) is 6. The van der Waals surface area contributed by atoms with Crippen molar-refractivity contribution >= 4 is 16.0 Å². The zero-order chi connectivity index (χ0) is 17.9. The van der Waals surface area contributed by atoms with Gasteiger partial charge in [0.15, 0.2) is 0 Å². The second-order valence-electron chi connectivity index (χ2n) is 6.49. The van der Waals surface area contributed by atoms with Gasteiger partial charge in [-0.05, 0) is 18.9 Å². The lowest BCUT2D eigenvalue weighted by Gasteiger charge is -2.16. The summed E-state index contributed by atoms with van der Waals surface area (Å²) >= 11 is 0. The molecule has 1 saturated heterocycles. The van der Waals surface area contributed by atoms with Gasteiger partial charge in [-0.3, -0.25) is 9.48 Å². The van der Waals surface area contributed by atoms with Crippen molar-refractivity contribution in [2.75, 3.05) is 39.5 Å². The first-order valence-corrected chi connectivity index (χ1v) is 9.50. The summed E-state index contributed by atoms with van der Waals surface area (Å²) in [5.41, 5.74) is 0.798. The van der Waals surface area contributed by atoms with Crippen LogP contribution in [-0.2, 0) is 21.9 Å². The van der Waals surface area contributed by atoms with Crippen LogP contribution in [0, 0.1) is 5.92 Å². The van der Waals surface area contributed by atoms with Gasteiger partial charge in [0.25, 0.3) is 0 Å².